The highest BCUT2D eigenvalue weighted by Crippen LogP contribution is 2.23. The van der Waals surface area contributed by atoms with Gasteiger partial charge in [0.05, 0.1) is 12.5 Å². The van der Waals surface area contributed by atoms with Gasteiger partial charge < -0.3 is 5.32 Å². The second-order valence-corrected chi connectivity index (χ2v) is 5.40. The fourth-order valence-electron chi connectivity index (χ4n) is 2.54. The molecule has 0 bridgehead atoms. The second kappa shape index (κ2) is 5.52. The number of hydrogen-bond donors (Lipinski definition) is 1. The average molecular weight is 295 g/mol. The van der Waals surface area contributed by atoms with Crippen molar-refractivity contribution in [2.75, 3.05) is 25.0 Å². The Balaban J connectivity index is 1.51. The molecule has 112 valence electrons. The molecule has 1 aromatic heterocycles. The Bertz CT molecular complexity index is 621. The minimum atomic E-state index is -4.06. The number of fused-ring (bicyclic) bond motifs is 1. The molecule has 0 unspecified atom stereocenters. The summed E-state index contributed by atoms with van der Waals surface area (Å²) in [4.78, 5) is 5.88. The van der Waals surface area contributed by atoms with E-state index in [4.69, 9.17) is 0 Å². The fourth-order valence-corrected chi connectivity index (χ4v) is 2.54. The summed E-state index contributed by atoms with van der Waals surface area (Å²) in [5.41, 5.74) is 0.995. The van der Waals surface area contributed by atoms with E-state index in [0.29, 0.717) is 13.1 Å². The van der Waals surface area contributed by atoms with Crippen molar-refractivity contribution < 1.29 is 13.2 Å². The Morgan fingerprint density at radius 3 is 2.76 bits per heavy atom. The lowest BCUT2D eigenvalue weighted by molar-refractivity contribution is -0.139. The first-order chi connectivity index (χ1) is 9.99. The van der Waals surface area contributed by atoms with Gasteiger partial charge in [0.2, 0.25) is 0 Å². The summed E-state index contributed by atoms with van der Waals surface area (Å²) in [5.74, 6) is 0. The van der Waals surface area contributed by atoms with Crippen molar-refractivity contribution >= 4 is 16.5 Å². The van der Waals surface area contributed by atoms with Crippen LogP contribution >= 0.6 is 0 Å². The van der Waals surface area contributed by atoms with E-state index >= 15 is 0 Å². The number of benzene rings is 1. The van der Waals surface area contributed by atoms with Gasteiger partial charge in [0.25, 0.3) is 0 Å². The molecular weight excluding hydrogens is 279 g/mol. The Morgan fingerprint density at radius 2 is 2.00 bits per heavy atom. The molecule has 1 aliphatic heterocycles. The third kappa shape index (κ3) is 3.64. The highest BCUT2D eigenvalue weighted by atomic mass is 19.4. The molecule has 0 aliphatic carbocycles. The molecule has 3 rings (SSSR count). The normalized spacial score (nSPS) is 16.9. The zero-order chi connectivity index (χ0) is 14.9. The van der Waals surface area contributed by atoms with E-state index in [1.165, 1.54) is 0 Å². The predicted octanol–water partition coefficient (Wildman–Crippen LogP) is 3.28. The van der Waals surface area contributed by atoms with E-state index in [2.05, 4.69) is 10.3 Å². The number of alkyl halides is 3. The molecule has 1 saturated heterocycles. The molecule has 0 amide bonds. The van der Waals surface area contributed by atoms with Crippen molar-refractivity contribution in [2.24, 2.45) is 0 Å². The van der Waals surface area contributed by atoms with Gasteiger partial charge in [-0.2, -0.15) is 13.2 Å². The molecule has 2 heterocycles. The molecule has 6 heteroatoms. The van der Waals surface area contributed by atoms with E-state index in [0.717, 1.165) is 16.5 Å². The van der Waals surface area contributed by atoms with Crippen LogP contribution in [0.3, 0.4) is 0 Å². The predicted molar refractivity (Wildman–Crippen MR) is 76.3 cm³/mol. The monoisotopic (exact) mass is 295 g/mol. The van der Waals surface area contributed by atoms with E-state index < -0.39 is 12.6 Å². The van der Waals surface area contributed by atoms with Gasteiger partial charge in [0.1, 0.15) is 0 Å². The lowest BCUT2D eigenvalue weighted by atomic mass is 10.1. The number of pyridine rings is 1. The van der Waals surface area contributed by atoms with E-state index in [-0.39, 0.29) is 12.6 Å². The van der Waals surface area contributed by atoms with Crippen LogP contribution in [0.2, 0.25) is 0 Å². The summed E-state index contributed by atoms with van der Waals surface area (Å²) in [6.07, 6.45) is -1.25. The summed E-state index contributed by atoms with van der Waals surface area (Å²) in [6, 6.07) is 8.16. The topological polar surface area (TPSA) is 28.2 Å². The smallest absolute Gasteiger partial charge is 0.380 e. The molecule has 1 aliphatic rings. The van der Waals surface area contributed by atoms with Gasteiger partial charge in [0, 0.05) is 43.1 Å². The summed E-state index contributed by atoms with van der Waals surface area (Å²) in [7, 11) is 0. The van der Waals surface area contributed by atoms with Gasteiger partial charge in [-0.15, -0.1) is 0 Å². The molecule has 2 aromatic rings. The van der Waals surface area contributed by atoms with Crippen LogP contribution in [0.5, 0.6) is 0 Å². The highest BCUT2D eigenvalue weighted by molar-refractivity contribution is 5.84. The van der Waals surface area contributed by atoms with Crippen LogP contribution in [0.15, 0.2) is 36.7 Å². The molecule has 1 fully saturated rings. The summed E-state index contributed by atoms with van der Waals surface area (Å²) in [5, 5.41) is 5.53. The zero-order valence-electron chi connectivity index (χ0n) is 11.4. The third-order valence-electron chi connectivity index (χ3n) is 3.68. The molecule has 0 saturated carbocycles. The zero-order valence-corrected chi connectivity index (χ0v) is 11.4. The quantitative estimate of drug-likeness (QED) is 0.938. The molecular formula is C15H16F3N3. The van der Waals surface area contributed by atoms with Crippen molar-refractivity contribution in [3.8, 4) is 0 Å². The number of nitrogens with zero attached hydrogens (tertiary/aromatic N) is 2. The van der Waals surface area contributed by atoms with Crippen molar-refractivity contribution in [1.29, 1.82) is 0 Å². The van der Waals surface area contributed by atoms with Gasteiger partial charge in [-0.05, 0) is 23.6 Å². The molecule has 21 heavy (non-hydrogen) atoms. The highest BCUT2D eigenvalue weighted by Gasteiger charge is 2.32. The summed E-state index contributed by atoms with van der Waals surface area (Å²) >= 11 is 0. The summed E-state index contributed by atoms with van der Waals surface area (Å²) < 4.78 is 36.4. The van der Waals surface area contributed by atoms with Gasteiger partial charge in [-0.3, -0.25) is 9.88 Å². The maximum Gasteiger partial charge on any atom is 0.390 e. The largest absolute Gasteiger partial charge is 0.390 e. The molecule has 1 N–H and O–H groups in total. The minimum absolute atomic E-state index is 0.0884. The van der Waals surface area contributed by atoms with E-state index in [1.54, 1.807) is 12.4 Å². The van der Waals surface area contributed by atoms with Crippen LogP contribution in [0, 0.1) is 0 Å². The van der Waals surface area contributed by atoms with E-state index in [9.17, 15) is 13.2 Å². The van der Waals surface area contributed by atoms with Crippen molar-refractivity contribution in [2.45, 2.75) is 18.6 Å². The van der Waals surface area contributed by atoms with Crippen LogP contribution < -0.4 is 5.32 Å². The van der Waals surface area contributed by atoms with Crippen molar-refractivity contribution in [3.05, 3.63) is 36.7 Å². The van der Waals surface area contributed by atoms with Crippen molar-refractivity contribution in [3.63, 3.8) is 0 Å². The maximum atomic E-state index is 12.1. The van der Waals surface area contributed by atoms with Gasteiger partial charge in [-0.25, -0.2) is 0 Å². The molecule has 0 atom stereocenters. The number of likely N-dealkylation sites (tertiary alicyclic amines) is 1. The van der Waals surface area contributed by atoms with E-state index in [1.807, 2.05) is 29.2 Å². The average Bonchev–Trinajstić information content (AvgIpc) is 2.40. The molecule has 0 radical (unpaired) electrons. The van der Waals surface area contributed by atoms with Crippen LogP contribution in [-0.2, 0) is 0 Å². The van der Waals surface area contributed by atoms with Gasteiger partial charge in [-0.1, -0.05) is 6.07 Å². The Hall–Kier alpha value is -1.82. The van der Waals surface area contributed by atoms with Crippen LogP contribution in [0.25, 0.3) is 10.8 Å². The second-order valence-electron chi connectivity index (χ2n) is 5.40. The number of aromatic nitrogens is 1. The van der Waals surface area contributed by atoms with Crippen molar-refractivity contribution in [1.82, 2.24) is 9.88 Å². The number of hydrogen-bond acceptors (Lipinski definition) is 3. The maximum absolute atomic E-state index is 12.1. The molecule has 0 spiro atoms. The Labute approximate surface area is 120 Å². The number of rotatable bonds is 4. The number of nitrogens with one attached hydrogen (secondary N) is 1. The molecule has 3 nitrogen and oxygen atoms in total. The first kappa shape index (κ1) is 14.1. The van der Waals surface area contributed by atoms with Crippen LogP contribution in [0.1, 0.15) is 6.42 Å². The lowest BCUT2D eigenvalue weighted by Gasteiger charge is -2.40. The Kier molecular flexibility index (Phi) is 3.71. The fraction of sp³-hybridized carbons (Fsp3) is 0.400. The minimum Gasteiger partial charge on any atom is -0.380 e. The lowest BCUT2D eigenvalue weighted by Crippen LogP contribution is -2.55. The first-order valence-electron chi connectivity index (χ1n) is 6.89. The number of anilines is 1. The van der Waals surface area contributed by atoms with Crippen LogP contribution in [-0.4, -0.2) is 41.7 Å². The van der Waals surface area contributed by atoms with Gasteiger partial charge >= 0.3 is 6.18 Å². The SMILES string of the molecule is FC(F)(F)CCN1CC(Nc2ccc3cnccc3c2)C1. The third-order valence-corrected chi connectivity index (χ3v) is 3.68. The van der Waals surface area contributed by atoms with Gasteiger partial charge in [0.15, 0.2) is 0 Å². The first-order valence-corrected chi connectivity index (χ1v) is 6.89. The molecule has 1 aromatic carbocycles. The Morgan fingerprint density at radius 1 is 1.19 bits per heavy atom. The standard InChI is InChI=1S/C15H16F3N3/c16-15(17,18)4-6-21-9-14(10-21)20-13-2-1-12-8-19-5-3-11(12)7-13/h1-3,5,7-8,14,20H,4,6,9-10H2. The number of halogens is 3. The summed E-state index contributed by atoms with van der Waals surface area (Å²) in [6.45, 7) is 1.40. The van der Waals surface area contributed by atoms with Crippen LogP contribution in [0.4, 0.5) is 18.9 Å².